The van der Waals surface area contributed by atoms with Crippen molar-refractivity contribution in [3.8, 4) is 0 Å². The molecule has 4 atom stereocenters. The fourth-order valence-electron chi connectivity index (χ4n) is 4.47. The molecule has 3 nitrogen and oxygen atoms in total. The topological polar surface area (TPSA) is 24.5 Å². The molecule has 116 valence electrons. The standard InChI is InChI=1S/C17H32N2O/c1-14-6-2-3-7-15(14)18-10-11-19-12-13-20-17-9-5-4-8-16(17)19/h14-18H,2-13H2,1H3. The first-order valence-corrected chi connectivity index (χ1v) is 8.93. The maximum Gasteiger partial charge on any atom is 0.0730 e. The molecule has 2 saturated carbocycles. The van der Waals surface area contributed by atoms with Crippen molar-refractivity contribution in [2.75, 3.05) is 26.2 Å². The number of nitrogens with one attached hydrogen (secondary N) is 1. The number of morpholine rings is 1. The predicted octanol–water partition coefficient (Wildman–Crippen LogP) is 2.80. The van der Waals surface area contributed by atoms with Gasteiger partial charge in [-0.3, -0.25) is 4.90 Å². The molecule has 2 aliphatic carbocycles. The van der Waals surface area contributed by atoms with Crippen LogP contribution in [0.15, 0.2) is 0 Å². The summed E-state index contributed by atoms with van der Waals surface area (Å²) in [5, 5.41) is 3.83. The average Bonchev–Trinajstić information content (AvgIpc) is 2.49. The van der Waals surface area contributed by atoms with Crippen molar-refractivity contribution >= 4 is 0 Å². The van der Waals surface area contributed by atoms with Crippen molar-refractivity contribution in [2.45, 2.75) is 76.5 Å². The van der Waals surface area contributed by atoms with E-state index in [9.17, 15) is 0 Å². The van der Waals surface area contributed by atoms with E-state index >= 15 is 0 Å². The number of ether oxygens (including phenoxy) is 1. The van der Waals surface area contributed by atoms with E-state index in [4.69, 9.17) is 4.74 Å². The van der Waals surface area contributed by atoms with Gasteiger partial charge in [0, 0.05) is 31.7 Å². The van der Waals surface area contributed by atoms with E-state index in [2.05, 4.69) is 17.1 Å². The Kier molecular flexibility index (Phi) is 5.36. The van der Waals surface area contributed by atoms with Gasteiger partial charge in [-0.25, -0.2) is 0 Å². The molecule has 3 heteroatoms. The van der Waals surface area contributed by atoms with Crippen molar-refractivity contribution in [1.82, 2.24) is 10.2 Å². The zero-order valence-corrected chi connectivity index (χ0v) is 13.2. The molecular weight excluding hydrogens is 248 g/mol. The maximum absolute atomic E-state index is 5.96. The van der Waals surface area contributed by atoms with Crippen LogP contribution in [0.2, 0.25) is 0 Å². The quantitative estimate of drug-likeness (QED) is 0.857. The average molecular weight is 280 g/mol. The molecule has 20 heavy (non-hydrogen) atoms. The molecule has 4 unspecified atom stereocenters. The Morgan fingerprint density at radius 3 is 2.75 bits per heavy atom. The van der Waals surface area contributed by atoms with E-state index in [-0.39, 0.29) is 0 Å². The molecule has 0 spiro atoms. The zero-order chi connectivity index (χ0) is 13.8. The number of hydrogen-bond acceptors (Lipinski definition) is 3. The van der Waals surface area contributed by atoms with Gasteiger partial charge in [0.25, 0.3) is 0 Å². The van der Waals surface area contributed by atoms with Gasteiger partial charge in [0.05, 0.1) is 12.7 Å². The second kappa shape index (κ2) is 7.24. The smallest absolute Gasteiger partial charge is 0.0730 e. The van der Waals surface area contributed by atoms with Crippen LogP contribution >= 0.6 is 0 Å². The molecule has 1 N–H and O–H groups in total. The van der Waals surface area contributed by atoms with Crippen LogP contribution in [-0.2, 0) is 4.74 Å². The number of nitrogens with zero attached hydrogens (tertiary/aromatic N) is 1. The van der Waals surface area contributed by atoms with E-state index in [0.29, 0.717) is 12.1 Å². The lowest BCUT2D eigenvalue weighted by Gasteiger charge is -2.44. The summed E-state index contributed by atoms with van der Waals surface area (Å²) in [5.74, 6) is 0.871. The molecule has 1 saturated heterocycles. The van der Waals surface area contributed by atoms with Crippen molar-refractivity contribution in [3.63, 3.8) is 0 Å². The minimum Gasteiger partial charge on any atom is -0.375 e. The molecule has 3 rings (SSSR count). The van der Waals surface area contributed by atoms with Crippen molar-refractivity contribution in [1.29, 1.82) is 0 Å². The van der Waals surface area contributed by atoms with Gasteiger partial charge < -0.3 is 10.1 Å². The highest BCUT2D eigenvalue weighted by Crippen LogP contribution is 2.28. The van der Waals surface area contributed by atoms with Crippen LogP contribution in [0.25, 0.3) is 0 Å². The van der Waals surface area contributed by atoms with E-state index in [1.807, 2.05) is 0 Å². The summed E-state index contributed by atoms with van der Waals surface area (Å²) >= 11 is 0. The first kappa shape index (κ1) is 14.8. The van der Waals surface area contributed by atoms with Crippen LogP contribution in [0.3, 0.4) is 0 Å². The summed E-state index contributed by atoms with van der Waals surface area (Å²) in [6.07, 6.45) is 11.6. The molecule has 3 fully saturated rings. The third-order valence-electron chi connectivity index (χ3n) is 5.76. The van der Waals surface area contributed by atoms with Gasteiger partial charge in [0.15, 0.2) is 0 Å². The molecule has 0 aromatic heterocycles. The first-order valence-electron chi connectivity index (χ1n) is 8.93. The maximum atomic E-state index is 5.96. The van der Waals surface area contributed by atoms with E-state index in [1.54, 1.807) is 0 Å². The van der Waals surface area contributed by atoms with E-state index in [0.717, 1.165) is 31.7 Å². The SMILES string of the molecule is CC1CCCCC1NCCN1CCOC2CCCCC21. The highest BCUT2D eigenvalue weighted by Gasteiger charge is 2.33. The van der Waals surface area contributed by atoms with E-state index in [1.165, 1.54) is 57.9 Å². The molecule has 1 aliphatic heterocycles. The largest absolute Gasteiger partial charge is 0.375 e. The summed E-state index contributed by atoms with van der Waals surface area (Å²) < 4.78 is 5.96. The lowest BCUT2D eigenvalue weighted by atomic mass is 9.86. The zero-order valence-electron chi connectivity index (χ0n) is 13.2. The Morgan fingerprint density at radius 1 is 1.05 bits per heavy atom. The summed E-state index contributed by atoms with van der Waals surface area (Å²) in [4.78, 5) is 2.70. The van der Waals surface area contributed by atoms with Gasteiger partial charge in [-0.05, 0) is 31.6 Å². The van der Waals surface area contributed by atoms with Crippen LogP contribution in [0.1, 0.15) is 58.3 Å². The van der Waals surface area contributed by atoms with Crippen molar-refractivity contribution in [2.24, 2.45) is 5.92 Å². The second-order valence-corrected chi connectivity index (χ2v) is 7.12. The van der Waals surface area contributed by atoms with Gasteiger partial charge in [-0.2, -0.15) is 0 Å². The van der Waals surface area contributed by atoms with Gasteiger partial charge in [0.1, 0.15) is 0 Å². The Balaban J connectivity index is 1.43. The molecule has 0 aromatic carbocycles. The first-order chi connectivity index (χ1) is 9.84. The summed E-state index contributed by atoms with van der Waals surface area (Å²) in [5.41, 5.74) is 0. The van der Waals surface area contributed by atoms with Gasteiger partial charge >= 0.3 is 0 Å². The molecule has 0 bridgehead atoms. The fraction of sp³-hybridized carbons (Fsp3) is 1.00. The minimum atomic E-state index is 0.533. The third kappa shape index (κ3) is 3.55. The van der Waals surface area contributed by atoms with Crippen molar-refractivity contribution in [3.05, 3.63) is 0 Å². The van der Waals surface area contributed by atoms with Crippen LogP contribution < -0.4 is 5.32 Å². The Hall–Kier alpha value is -0.120. The van der Waals surface area contributed by atoms with Crippen LogP contribution in [0.4, 0.5) is 0 Å². The summed E-state index contributed by atoms with van der Waals surface area (Å²) in [6.45, 7) is 6.89. The molecule has 3 aliphatic rings. The summed E-state index contributed by atoms with van der Waals surface area (Å²) in [7, 11) is 0. The monoisotopic (exact) mass is 280 g/mol. The summed E-state index contributed by atoms with van der Waals surface area (Å²) in [6, 6.07) is 1.48. The highest BCUT2D eigenvalue weighted by atomic mass is 16.5. The van der Waals surface area contributed by atoms with Gasteiger partial charge in [-0.15, -0.1) is 0 Å². The molecule has 1 heterocycles. The van der Waals surface area contributed by atoms with Crippen molar-refractivity contribution < 1.29 is 4.74 Å². The fourth-order valence-corrected chi connectivity index (χ4v) is 4.47. The molecule has 0 radical (unpaired) electrons. The third-order valence-corrected chi connectivity index (χ3v) is 5.76. The molecule has 0 amide bonds. The number of fused-ring (bicyclic) bond motifs is 1. The second-order valence-electron chi connectivity index (χ2n) is 7.12. The Bertz CT molecular complexity index is 295. The normalized spacial score (nSPS) is 39.5. The Labute approximate surface area is 124 Å². The van der Waals surface area contributed by atoms with Crippen LogP contribution in [0, 0.1) is 5.92 Å². The van der Waals surface area contributed by atoms with Crippen LogP contribution in [-0.4, -0.2) is 49.3 Å². The molecular formula is C17H32N2O. The predicted molar refractivity (Wildman–Crippen MR) is 83.0 cm³/mol. The van der Waals surface area contributed by atoms with E-state index < -0.39 is 0 Å². The number of hydrogen-bond donors (Lipinski definition) is 1. The lowest BCUT2D eigenvalue weighted by molar-refractivity contribution is -0.0876. The number of rotatable bonds is 4. The van der Waals surface area contributed by atoms with Crippen LogP contribution in [0.5, 0.6) is 0 Å². The Morgan fingerprint density at radius 2 is 1.85 bits per heavy atom. The van der Waals surface area contributed by atoms with Gasteiger partial charge in [-0.1, -0.05) is 32.6 Å². The van der Waals surface area contributed by atoms with Gasteiger partial charge in [0.2, 0.25) is 0 Å². The minimum absolute atomic E-state index is 0.533. The lowest BCUT2D eigenvalue weighted by Crippen LogP contribution is -2.54. The highest BCUT2D eigenvalue weighted by molar-refractivity contribution is 4.88. The molecule has 0 aromatic rings.